The van der Waals surface area contributed by atoms with Gasteiger partial charge in [-0.3, -0.25) is 9.59 Å². The van der Waals surface area contributed by atoms with Gasteiger partial charge in [-0.1, -0.05) is 80.1 Å². The normalized spacial score (nSPS) is 17.4. The van der Waals surface area contributed by atoms with Gasteiger partial charge in [0.15, 0.2) is 0 Å². The number of carbonyl (C=O) groups excluding carboxylic acids is 2. The zero-order chi connectivity index (χ0) is 24.4. The highest BCUT2D eigenvalue weighted by molar-refractivity contribution is 6.46. The summed E-state index contributed by atoms with van der Waals surface area (Å²) in [6.07, 6.45) is 0. The molecule has 0 aromatic heterocycles. The molecule has 1 heterocycles. The van der Waals surface area contributed by atoms with E-state index in [4.69, 9.17) is 4.74 Å². The smallest absolute Gasteiger partial charge is 0.295 e. The number of aliphatic hydroxyl groups excluding tert-OH is 1. The first-order chi connectivity index (χ1) is 16.3. The molecule has 0 aliphatic carbocycles. The average molecular weight is 456 g/mol. The minimum atomic E-state index is -0.690. The van der Waals surface area contributed by atoms with Crippen LogP contribution in [0, 0.1) is 6.92 Å². The van der Waals surface area contributed by atoms with E-state index < -0.39 is 17.7 Å². The van der Waals surface area contributed by atoms with Crippen LogP contribution in [0.1, 0.15) is 53.6 Å². The molecule has 3 aromatic rings. The molecule has 1 fully saturated rings. The lowest BCUT2D eigenvalue weighted by Gasteiger charge is -2.26. The second-order valence-electron chi connectivity index (χ2n) is 8.96. The quantitative estimate of drug-likeness (QED) is 0.292. The molecule has 174 valence electrons. The Kier molecular flexibility index (Phi) is 6.55. The van der Waals surface area contributed by atoms with Crippen LogP contribution >= 0.6 is 0 Å². The molecule has 1 unspecified atom stereocenters. The highest BCUT2D eigenvalue weighted by Crippen LogP contribution is 2.40. The number of nitrogens with zero attached hydrogens (tertiary/aromatic N) is 1. The van der Waals surface area contributed by atoms with Crippen LogP contribution in [0.4, 0.5) is 0 Å². The largest absolute Gasteiger partial charge is 0.507 e. The third-order valence-electron chi connectivity index (χ3n) is 6.30. The number of ketones is 1. The van der Waals surface area contributed by atoms with Crippen LogP contribution in [0.5, 0.6) is 5.75 Å². The van der Waals surface area contributed by atoms with Gasteiger partial charge in [0.2, 0.25) is 0 Å². The Hall–Kier alpha value is -3.86. The van der Waals surface area contributed by atoms with Gasteiger partial charge in [-0.15, -0.1) is 0 Å². The fourth-order valence-corrected chi connectivity index (χ4v) is 4.25. The van der Waals surface area contributed by atoms with Crippen molar-refractivity contribution in [2.24, 2.45) is 0 Å². The van der Waals surface area contributed by atoms with E-state index in [0.29, 0.717) is 17.2 Å². The van der Waals surface area contributed by atoms with E-state index in [1.54, 1.807) is 19.2 Å². The molecule has 1 saturated heterocycles. The van der Waals surface area contributed by atoms with E-state index in [9.17, 15) is 14.7 Å². The maximum absolute atomic E-state index is 13.2. The van der Waals surface area contributed by atoms with Crippen molar-refractivity contribution in [2.75, 3.05) is 7.11 Å². The van der Waals surface area contributed by atoms with Crippen LogP contribution < -0.4 is 4.74 Å². The number of carbonyl (C=O) groups is 2. The first kappa shape index (κ1) is 23.3. The summed E-state index contributed by atoms with van der Waals surface area (Å²) >= 11 is 0. The SMILES string of the molecule is COc1ccc(CN2C(=O)C(=O)/C(=C(\O)c3ccc(C)cc3)C2c2ccc(C(C)C)cc2)cc1. The number of ether oxygens (including phenoxy) is 1. The van der Waals surface area contributed by atoms with Crippen LogP contribution in [0.2, 0.25) is 0 Å². The minimum Gasteiger partial charge on any atom is -0.507 e. The van der Waals surface area contributed by atoms with E-state index in [-0.39, 0.29) is 17.9 Å². The van der Waals surface area contributed by atoms with Gasteiger partial charge < -0.3 is 14.7 Å². The third-order valence-corrected chi connectivity index (χ3v) is 6.30. The second kappa shape index (κ2) is 9.56. The van der Waals surface area contributed by atoms with Crippen LogP contribution in [0.25, 0.3) is 5.76 Å². The highest BCUT2D eigenvalue weighted by atomic mass is 16.5. The number of likely N-dealkylation sites (tertiary alicyclic amines) is 1. The number of amides is 1. The van der Waals surface area contributed by atoms with E-state index in [1.807, 2.05) is 67.6 Å². The number of Topliss-reactive ketones (excluding diaryl/α,β-unsaturated/α-hetero) is 1. The molecule has 0 saturated carbocycles. The summed E-state index contributed by atoms with van der Waals surface area (Å²) in [5.74, 6) is -0.390. The molecule has 1 N–H and O–H groups in total. The van der Waals surface area contributed by atoms with Crippen molar-refractivity contribution in [1.82, 2.24) is 4.90 Å². The minimum absolute atomic E-state index is 0.111. The van der Waals surface area contributed by atoms with Gasteiger partial charge in [0, 0.05) is 12.1 Å². The van der Waals surface area contributed by atoms with Crippen molar-refractivity contribution in [3.63, 3.8) is 0 Å². The van der Waals surface area contributed by atoms with Gasteiger partial charge in [0.25, 0.3) is 11.7 Å². The first-order valence-corrected chi connectivity index (χ1v) is 11.4. The van der Waals surface area contributed by atoms with Gasteiger partial charge in [0.05, 0.1) is 18.7 Å². The van der Waals surface area contributed by atoms with Gasteiger partial charge in [-0.05, 0) is 41.7 Å². The molecule has 1 aliphatic heterocycles. The van der Waals surface area contributed by atoms with Crippen molar-refractivity contribution >= 4 is 17.4 Å². The standard InChI is InChI=1S/C29H29NO4/c1-18(2)21-11-13-22(14-12-21)26-25(27(31)23-9-5-19(3)6-10-23)28(32)29(33)30(26)17-20-7-15-24(34-4)16-8-20/h5-16,18,26,31H,17H2,1-4H3/b27-25-. The molecule has 0 radical (unpaired) electrons. The van der Waals surface area contributed by atoms with Crippen molar-refractivity contribution in [2.45, 2.75) is 39.3 Å². The zero-order valence-electron chi connectivity index (χ0n) is 19.9. The molecule has 0 spiro atoms. The summed E-state index contributed by atoms with van der Waals surface area (Å²) < 4.78 is 5.23. The van der Waals surface area contributed by atoms with Crippen LogP contribution in [0.15, 0.2) is 78.4 Å². The third kappa shape index (κ3) is 4.46. The van der Waals surface area contributed by atoms with Gasteiger partial charge in [-0.2, -0.15) is 0 Å². The Labute approximate surface area is 200 Å². The predicted molar refractivity (Wildman–Crippen MR) is 133 cm³/mol. The first-order valence-electron chi connectivity index (χ1n) is 11.4. The van der Waals surface area contributed by atoms with E-state index in [2.05, 4.69) is 13.8 Å². The molecule has 3 aromatic carbocycles. The molecule has 1 atom stereocenters. The summed E-state index contributed by atoms with van der Waals surface area (Å²) in [6.45, 7) is 6.41. The van der Waals surface area contributed by atoms with Crippen LogP contribution in [-0.4, -0.2) is 28.8 Å². The van der Waals surface area contributed by atoms with Crippen molar-refractivity contribution in [3.05, 3.63) is 106 Å². The zero-order valence-corrected chi connectivity index (χ0v) is 19.9. The number of aryl methyl sites for hydroxylation is 1. The van der Waals surface area contributed by atoms with E-state index >= 15 is 0 Å². The van der Waals surface area contributed by atoms with Crippen molar-refractivity contribution < 1.29 is 19.4 Å². The average Bonchev–Trinajstić information content (AvgIpc) is 3.09. The number of hydrogen-bond donors (Lipinski definition) is 1. The molecule has 1 aliphatic rings. The highest BCUT2D eigenvalue weighted by Gasteiger charge is 2.46. The van der Waals surface area contributed by atoms with Gasteiger partial charge in [0.1, 0.15) is 11.5 Å². The maximum atomic E-state index is 13.2. The summed E-state index contributed by atoms with van der Waals surface area (Å²) in [5, 5.41) is 11.2. The maximum Gasteiger partial charge on any atom is 0.295 e. The Balaban J connectivity index is 1.82. The Bertz CT molecular complexity index is 1220. The molecule has 5 nitrogen and oxygen atoms in total. The lowest BCUT2D eigenvalue weighted by atomic mass is 9.93. The summed E-state index contributed by atoms with van der Waals surface area (Å²) in [4.78, 5) is 28.0. The molecular formula is C29H29NO4. The molecule has 34 heavy (non-hydrogen) atoms. The molecule has 4 rings (SSSR count). The number of methoxy groups -OCH3 is 1. The Morgan fingerprint density at radius 1 is 0.941 bits per heavy atom. The Morgan fingerprint density at radius 3 is 2.12 bits per heavy atom. The number of aliphatic hydroxyl groups is 1. The van der Waals surface area contributed by atoms with E-state index in [0.717, 1.165) is 22.3 Å². The molecule has 1 amide bonds. The Morgan fingerprint density at radius 2 is 1.56 bits per heavy atom. The monoisotopic (exact) mass is 455 g/mol. The van der Waals surface area contributed by atoms with Crippen LogP contribution in [0.3, 0.4) is 0 Å². The summed E-state index contributed by atoms with van der Waals surface area (Å²) in [6, 6.07) is 21.9. The van der Waals surface area contributed by atoms with Crippen molar-refractivity contribution in [3.8, 4) is 5.75 Å². The summed E-state index contributed by atoms with van der Waals surface area (Å²) in [7, 11) is 1.60. The molecule has 0 bridgehead atoms. The molecular weight excluding hydrogens is 426 g/mol. The van der Waals surface area contributed by atoms with E-state index in [1.165, 1.54) is 4.90 Å². The lowest BCUT2D eigenvalue weighted by Crippen LogP contribution is -2.29. The van der Waals surface area contributed by atoms with Gasteiger partial charge in [-0.25, -0.2) is 0 Å². The van der Waals surface area contributed by atoms with Crippen molar-refractivity contribution in [1.29, 1.82) is 0 Å². The predicted octanol–water partition coefficient (Wildman–Crippen LogP) is 5.75. The number of hydrogen-bond acceptors (Lipinski definition) is 4. The summed E-state index contributed by atoms with van der Waals surface area (Å²) in [5.41, 5.74) is 4.47. The topological polar surface area (TPSA) is 66.8 Å². The second-order valence-corrected chi connectivity index (χ2v) is 8.96. The fourth-order valence-electron chi connectivity index (χ4n) is 4.25. The fraction of sp³-hybridized carbons (Fsp3) is 0.241. The number of benzene rings is 3. The van der Waals surface area contributed by atoms with Crippen LogP contribution in [-0.2, 0) is 16.1 Å². The lowest BCUT2D eigenvalue weighted by molar-refractivity contribution is -0.140. The molecule has 5 heteroatoms. The van der Waals surface area contributed by atoms with Gasteiger partial charge >= 0.3 is 0 Å². The number of rotatable bonds is 6.